The number of hydrogen-bond acceptors (Lipinski definition) is 5. The summed E-state index contributed by atoms with van der Waals surface area (Å²) in [7, 11) is 0. The Morgan fingerprint density at radius 3 is 2.18 bits per heavy atom. The van der Waals surface area contributed by atoms with Crippen molar-refractivity contribution in [2.24, 2.45) is 0 Å². The number of piperidine rings is 1. The second kappa shape index (κ2) is 16.6. The van der Waals surface area contributed by atoms with Gasteiger partial charge in [0.25, 0.3) is 0 Å². The van der Waals surface area contributed by atoms with E-state index in [-0.39, 0.29) is 48.0 Å². The van der Waals surface area contributed by atoms with Crippen LogP contribution in [0.2, 0.25) is 0 Å². The van der Waals surface area contributed by atoms with E-state index in [9.17, 15) is 31.5 Å². The van der Waals surface area contributed by atoms with Gasteiger partial charge in [-0.2, -0.15) is 13.2 Å². The minimum Gasteiger partial charge on any atom is -0.358 e. The highest BCUT2D eigenvalue weighted by Gasteiger charge is 2.32. The third kappa shape index (κ3) is 9.38. The molecule has 2 heterocycles. The van der Waals surface area contributed by atoms with Gasteiger partial charge in [0.15, 0.2) is 17.4 Å². The number of likely N-dealkylation sites (tertiary alicyclic amines) is 1. The molecule has 0 aliphatic carbocycles. The van der Waals surface area contributed by atoms with E-state index in [1.54, 1.807) is 18.2 Å². The van der Waals surface area contributed by atoms with Crippen LogP contribution in [0.3, 0.4) is 0 Å². The van der Waals surface area contributed by atoms with Crippen LogP contribution < -0.4 is 4.90 Å². The number of carbonyl (C=O) groups is 2. The van der Waals surface area contributed by atoms with E-state index in [0.717, 1.165) is 61.8 Å². The standard InChI is InChI=1S/C40H43F5N4O2/c1-4-47-23-20-34(21-24-47)49(25-29-11-14-30(15-12-29)31-16-18-33(19-17-31)40(43,44)45)37(51)26-48(36-9-6-22-46-39(36)28(3)50)27(2)10-13-32-7-5-8-35(41)38(32)42/h5-9,11-12,14-19,22,27,34H,4,10,13,20-21,23-26H2,1-3H3. The van der Waals surface area contributed by atoms with Crippen LogP contribution in [0.4, 0.5) is 27.6 Å². The van der Waals surface area contributed by atoms with Crippen LogP contribution in [-0.2, 0) is 23.9 Å². The molecule has 51 heavy (non-hydrogen) atoms. The summed E-state index contributed by atoms with van der Waals surface area (Å²) in [6.45, 7) is 8.26. The van der Waals surface area contributed by atoms with Crippen molar-refractivity contribution in [1.29, 1.82) is 0 Å². The molecule has 0 N–H and O–H groups in total. The summed E-state index contributed by atoms with van der Waals surface area (Å²) in [6, 6.07) is 19.6. The first-order chi connectivity index (χ1) is 24.3. The largest absolute Gasteiger partial charge is 0.416 e. The monoisotopic (exact) mass is 706 g/mol. The molecule has 0 saturated carbocycles. The Morgan fingerprint density at radius 1 is 0.922 bits per heavy atom. The first kappa shape index (κ1) is 37.6. The Hall–Kier alpha value is -4.64. The molecule has 5 rings (SSSR count). The molecule has 0 spiro atoms. The number of nitrogens with zero attached hydrogens (tertiary/aromatic N) is 4. The highest BCUT2D eigenvalue weighted by atomic mass is 19.4. The number of aromatic nitrogens is 1. The first-order valence-electron chi connectivity index (χ1n) is 17.3. The second-order valence-corrected chi connectivity index (χ2v) is 13.1. The zero-order valence-corrected chi connectivity index (χ0v) is 29.1. The molecule has 1 unspecified atom stereocenters. The van der Waals surface area contributed by atoms with Gasteiger partial charge in [0.05, 0.1) is 17.8 Å². The number of halogens is 5. The molecule has 4 aromatic rings. The minimum atomic E-state index is -4.41. The van der Waals surface area contributed by atoms with Crippen LogP contribution in [0, 0.1) is 11.6 Å². The quantitative estimate of drug-likeness (QED) is 0.103. The van der Waals surface area contributed by atoms with E-state index in [1.165, 1.54) is 31.3 Å². The van der Waals surface area contributed by atoms with Gasteiger partial charge in [-0.1, -0.05) is 55.5 Å². The number of amides is 1. The number of alkyl halides is 3. The van der Waals surface area contributed by atoms with Crippen molar-refractivity contribution in [3.05, 3.63) is 119 Å². The van der Waals surface area contributed by atoms with E-state index >= 15 is 0 Å². The SMILES string of the molecule is CCN1CCC(N(Cc2ccc(-c3ccc(C(F)(F)F)cc3)cc2)C(=O)CN(c2cccnc2C(C)=O)C(C)CCc2cccc(F)c2F)CC1. The summed E-state index contributed by atoms with van der Waals surface area (Å²) >= 11 is 0. The number of aryl methyl sites for hydroxylation is 1. The van der Waals surface area contributed by atoms with Gasteiger partial charge in [-0.3, -0.25) is 14.6 Å². The second-order valence-electron chi connectivity index (χ2n) is 13.1. The van der Waals surface area contributed by atoms with E-state index in [4.69, 9.17) is 0 Å². The number of anilines is 1. The molecule has 1 saturated heterocycles. The maximum Gasteiger partial charge on any atom is 0.416 e. The van der Waals surface area contributed by atoms with Gasteiger partial charge in [-0.25, -0.2) is 8.78 Å². The molecule has 11 heteroatoms. The summed E-state index contributed by atoms with van der Waals surface area (Å²) < 4.78 is 67.8. The number of pyridine rings is 1. The molecule has 0 radical (unpaired) electrons. The Morgan fingerprint density at radius 2 is 1.57 bits per heavy atom. The minimum absolute atomic E-state index is 0.0467. The average molecular weight is 707 g/mol. The maximum atomic E-state index is 14.6. The third-order valence-electron chi connectivity index (χ3n) is 9.75. The van der Waals surface area contributed by atoms with E-state index in [1.807, 2.05) is 41.0 Å². The molecule has 1 aliphatic rings. The van der Waals surface area contributed by atoms with Crippen LogP contribution in [0.15, 0.2) is 85.1 Å². The van der Waals surface area contributed by atoms with E-state index in [0.29, 0.717) is 24.2 Å². The molecular weight excluding hydrogens is 663 g/mol. The van der Waals surface area contributed by atoms with Crippen LogP contribution in [-0.4, -0.2) is 64.7 Å². The molecule has 0 bridgehead atoms. The van der Waals surface area contributed by atoms with E-state index < -0.39 is 23.4 Å². The van der Waals surface area contributed by atoms with Crippen molar-refractivity contribution in [2.75, 3.05) is 31.1 Å². The fourth-order valence-corrected chi connectivity index (χ4v) is 6.70. The van der Waals surface area contributed by atoms with Gasteiger partial charge in [-0.05, 0) is 91.7 Å². The fourth-order valence-electron chi connectivity index (χ4n) is 6.70. The lowest BCUT2D eigenvalue weighted by molar-refractivity contribution is -0.137. The van der Waals surface area contributed by atoms with Gasteiger partial charge in [0.1, 0.15) is 5.69 Å². The summed E-state index contributed by atoms with van der Waals surface area (Å²) in [6.07, 6.45) is -0.736. The number of ketones is 1. The highest BCUT2D eigenvalue weighted by molar-refractivity contribution is 5.98. The van der Waals surface area contributed by atoms with Gasteiger partial charge < -0.3 is 14.7 Å². The smallest absolute Gasteiger partial charge is 0.358 e. The van der Waals surface area contributed by atoms with Gasteiger partial charge in [0, 0.05) is 44.8 Å². The van der Waals surface area contributed by atoms with Crippen molar-refractivity contribution in [2.45, 2.75) is 71.3 Å². The molecule has 3 aromatic carbocycles. The number of benzene rings is 3. The fraction of sp³-hybridized carbons (Fsp3) is 0.375. The summed E-state index contributed by atoms with van der Waals surface area (Å²) in [5.74, 6) is -2.23. The Kier molecular flexibility index (Phi) is 12.2. The van der Waals surface area contributed by atoms with Crippen LogP contribution in [0.1, 0.15) is 67.2 Å². The average Bonchev–Trinajstić information content (AvgIpc) is 3.13. The molecule has 6 nitrogen and oxygen atoms in total. The van der Waals surface area contributed by atoms with Crippen LogP contribution in [0.25, 0.3) is 11.1 Å². The maximum absolute atomic E-state index is 14.6. The zero-order chi connectivity index (χ0) is 36.7. The number of rotatable bonds is 13. The normalized spacial score (nSPS) is 14.7. The lowest BCUT2D eigenvalue weighted by Gasteiger charge is -2.40. The number of hydrogen-bond donors (Lipinski definition) is 0. The van der Waals surface area contributed by atoms with Crippen LogP contribution >= 0.6 is 0 Å². The van der Waals surface area contributed by atoms with E-state index in [2.05, 4.69) is 16.8 Å². The van der Waals surface area contributed by atoms with Gasteiger partial charge in [-0.15, -0.1) is 0 Å². The first-order valence-corrected chi connectivity index (χ1v) is 17.3. The summed E-state index contributed by atoms with van der Waals surface area (Å²) in [4.78, 5) is 37.6. The lowest BCUT2D eigenvalue weighted by Crippen LogP contribution is -2.51. The topological polar surface area (TPSA) is 56.8 Å². The summed E-state index contributed by atoms with van der Waals surface area (Å²) in [5.41, 5.74) is 2.50. The Bertz CT molecular complexity index is 1790. The van der Waals surface area contributed by atoms with Crippen LogP contribution in [0.5, 0.6) is 0 Å². The zero-order valence-electron chi connectivity index (χ0n) is 29.1. The number of Topliss-reactive ketones (excluding diaryl/α,β-unsaturated/α-hetero) is 1. The van der Waals surface area contributed by atoms with Crippen molar-refractivity contribution >= 4 is 17.4 Å². The predicted molar refractivity (Wildman–Crippen MR) is 188 cm³/mol. The predicted octanol–water partition coefficient (Wildman–Crippen LogP) is 8.59. The lowest BCUT2D eigenvalue weighted by atomic mass is 9.99. The van der Waals surface area contributed by atoms with Crippen molar-refractivity contribution in [3.8, 4) is 11.1 Å². The molecule has 1 amide bonds. The molecule has 1 atom stereocenters. The Balaban J connectivity index is 1.41. The van der Waals surface area contributed by atoms with Crippen molar-refractivity contribution in [3.63, 3.8) is 0 Å². The molecule has 1 aliphatic heterocycles. The van der Waals surface area contributed by atoms with Crippen molar-refractivity contribution in [1.82, 2.24) is 14.8 Å². The molecule has 1 aromatic heterocycles. The Labute approximate surface area is 295 Å². The van der Waals surface area contributed by atoms with Gasteiger partial charge in [0.2, 0.25) is 5.91 Å². The highest BCUT2D eigenvalue weighted by Crippen LogP contribution is 2.32. The van der Waals surface area contributed by atoms with Crippen molar-refractivity contribution < 1.29 is 31.5 Å². The summed E-state index contributed by atoms with van der Waals surface area (Å²) in [5, 5.41) is 0. The molecular formula is C40H43F5N4O2. The molecule has 1 fully saturated rings. The number of carbonyl (C=O) groups excluding carboxylic acids is 2. The van der Waals surface area contributed by atoms with Gasteiger partial charge >= 0.3 is 6.18 Å². The molecule has 270 valence electrons. The third-order valence-corrected chi connectivity index (χ3v) is 9.75.